The zero-order chi connectivity index (χ0) is 16.5. The van der Waals surface area contributed by atoms with Crippen molar-refractivity contribution in [3.05, 3.63) is 65.2 Å². The first-order valence-electron chi connectivity index (χ1n) is 7.76. The summed E-state index contributed by atoms with van der Waals surface area (Å²) in [4.78, 5) is 25.8. The molecular weight excluding hydrogens is 306 g/mol. The van der Waals surface area contributed by atoms with Crippen LogP contribution >= 0.6 is 0 Å². The Kier molecular flexibility index (Phi) is 3.54. The van der Waals surface area contributed by atoms with Gasteiger partial charge in [0, 0.05) is 5.56 Å². The normalized spacial score (nSPS) is 15.1. The minimum absolute atomic E-state index is 0.200. The van der Waals surface area contributed by atoms with Crippen molar-refractivity contribution in [1.29, 1.82) is 0 Å². The molecule has 0 N–H and O–H groups in total. The number of benzene rings is 2. The van der Waals surface area contributed by atoms with Crippen molar-refractivity contribution in [2.75, 3.05) is 19.8 Å². The first-order chi connectivity index (χ1) is 11.8. The van der Waals surface area contributed by atoms with Gasteiger partial charge in [-0.15, -0.1) is 0 Å². The van der Waals surface area contributed by atoms with E-state index in [9.17, 15) is 9.59 Å². The molecule has 0 saturated heterocycles. The fourth-order valence-corrected chi connectivity index (χ4v) is 2.93. The average molecular weight is 321 g/mol. The fraction of sp³-hybridized carbons (Fsp3) is 0.158. The molecule has 2 heterocycles. The van der Waals surface area contributed by atoms with Crippen LogP contribution in [-0.2, 0) is 0 Å². The minimum atomic E-state index is -0.270. The number of hydrogen-bond acceptors (Lipinski definition) is 4. The maximum atomic E-state index is 12.3. The van der Waals surface area contributed by atoms with E-state index in [0.717, 1.165) is 5.56 Å². The van der Waals surface area contributed by atoms with E-state index in [-0.39, 0.29) is 25.0 Å². The van der Waals surface area contributed by atoms with Crippen LogP contribution in [0.3, 0.4) is 0 Å². The highest BCUT2D eigenvalue weighted by Crippen LogP contribution is 2.34. The molecule has 0 fully saturated rings. The highest BCUT2D eigenvalue weighted by Gasteiger charge is 2.34. The van der Waals surface area contributed by atoms with Gasteiger partial charge in [-0.05, 0) is 24.3 Å². The van der Waals surface area contributed by atoms with Gasteiger partial charge in [0.25, 0.3) is 11.8 Å². The Labute approximate surface area is 139 Å². The molecule has 120 valence electrons. The van der Waals surface area contributed by atoms with Crippen molar-refractivity contribution in [3.8, 4) is 11.5 Å². The maximum Gasteiger partial charge on any atom is 0.261 e. The second kappa shape index (κ2) is 5.85. The van der Waals surface area contributed by atoms with Crippen LogP contribution in [-0.4, -0.2) is 36.5 Å². The highest BCUT2D eigenvalue weighted by molar-refractivity contribution is 6.21. The Balaban J connectivity index is 1.45. The van der Waals surface area contributed by atoms with Crippen molar-refractivity contribution in [1.82, 2.24) is 4.90 Å². The molecule has 0 aliphatic carbocycles. The molecule has 5 heteroatoms. The van der Waals surface area contributed by atoms with Crippen LogP contribution in [0.1, 0.15) is 26.3 Å². The van der Waals surface area contributed by atoms with Gasteiger partial charge in [0.1, 0.15) is 13.2 Å². The second-order valence-electron chi connectivity index (χ2n) is 5.54. The maximum absolute atomic E-state index is 12.3. The van der Waals surface area contributed by atoms with E-state index in [1.165, 1.54) is 4.90 Å². The summed E-state index contributed by atoms with van der Waals surface area (Å²) in [5, 5.41) is 0. The molecule has 24 heavy (non-hydrogen) atoms. The minimum Gasteiger partial charge on any atom is -0.488 e. The summed E-state index contributed by atoms with van der Waals surface area (Å²) in [6, 6.07) is 12.5. The van der Waals surface area contributed by atoms with Gasteiger partial charge in [-0.2, -0.15) is 0 Å². The first kappa shape index (κ1) is 14.5. The number of amides is 2. The second-order valence-corrected chi connectivity index (χ2v) is 5.54. The number of imide groups is 1. The lowest BCUT2D eigenvalue weighted by molar-refractivity contribution is 0.0630. The molecule has 2 aliphatic rings. The van der Waals surface area contributed by atoms with Crippen molar-refractivity contribution < 1.29 is 19.1 Å². The van der Waals surface area contributed by atoms with E-state index in [2.05, 4.69) is 0 Å². The molecule has 0 saturated carbocycles. The van der Waals surface area contributed by atoms with E-state index in [0.29, 0.717) is 29.2 Å². The van der Waals surface area contributed by atoms with E-state index < -0.39 is 0 Å². The lowest BCUT2D eigenvalue weighted by Gasteiger charge is -2.18. The Morgan fingerprint density at radius 3 is 2.50 bits per heavy atom. The lowest BCUT2D eigenvalue weighted by atomic mass is 10.1. The Bertz CT molecular complexity index is 821. The summed E-state index contributed by atoms with van der Waals surface area (Å²) >= 11 is 0. The number of rotatable bonds is 4. The van der Waals surface area contributed by atoms with Crippen LogP contribution in [0.2, 0.25) is 0 Å². The number of para-hydroxylation sites is 1. The smallest absolute Gasteiger partial charge is 0.261 e. The molecule has 0 radical (unpaired) electrons. The SMILES string of the molecule is O=C1c2ccccc2C(=O)N1CCOc1cccc2c1OCC=C2. The third-order valence-electron chi connectivity index (χ3n) is 4.08. The molecule has 0 unspecified atom stereocenters. The fourth-order valence-electron chi connectivity index (χ4n) is 2.93. The van der Waals surface area contributed by atoms with E-state index in [1.54, 1.807) is 24.3 Å². The van der Waals surface area contributed by atoms with Crippen molar-refractivity contribution in [2.24, 2.45) is 0 Å². The molecular formula is C19H15NO4. The summed E-state index contributed by atoms with van der Waals surface area (Å²) < 4.78 is 11.4. The predicted molar refractivity (Wildman–Crippen MR) is 88.3 cm³/mol. The molecule has 2 aromatic rings. The van der Waals surface area contributed by atoms with Crippen LogP contribution in [0.25, 0.3) is 6.08 Å². The topological polar surface area (TPSA) is 55.8 Å². The molecule has 0 aromatic heterocycles. The molecule has 5 nitrogen and oxygen atoms in total. The van der Waals surface area contributed by atoms with Crippen molar-refractivity contribution in [3.63, 3.8) is 0 Å². The number of nitrogens with zero attached hydrogens (tertiary/aromatic N) is 1. The quantitative estimate of drug-likeness (QED) is 0.813. The monoisotopic (exact) mass is 321 g/mol. The molecule has 0 atom stereocenters. The largest absolute Gasteiger partial charge is 0.488 e. The number of fused-ring (bicyclic) bond motifs is 2. The number of ether oxygens (including phenoxy) is 2. The number of hydrogen-bond donors (Lipinski definition) is 0. The van der Waals surface area contributed by atoms with Crippen LogP contribution < -0.4 is 9.47 Å². The Morgan fingerprint density at radius 1 is 1.00 bits per heavy atom. The molecule has 2 amide bonds. The van der Waals surface area contributed by atoms with Crippen molar-refractivity contribution >= 4 is 17.9 Å². The van der Waals surface area contributed by atoms with Gasteiger partial charge in [-0.1, -0.05) is 30.3 Å². The summed E-state index contributed by atoms with van der Waals surface area (Å²) in [6.07, 6.45) is 3.92. The van der Waals surface area contributed by atoms with Gasteiger partial charge < -0.3 is 9.47 Å². The van der Waals surface area contributed by atoms with Gasteiger partial charge in [-0.3, -0.25) is 14.5 Å². The van der Waals surface area contributed by atoms with Crippen LogP contribution in [0.4, 0.5) is 0 Å². The standard InChI is InChI=1S/C19H15NO4/c21-18-14-7-1-2-8-15(14)19(22)20(18)10-12-23-16-9-3-5-13-6-4-11-24-17(13)16/h1-9H,10-12H2. The van der Waals surface area contributed by atoms with Gasteiger partial charge in [0.05, 0.1) is 17.7 Å². The van der Waals surface area contributed by atoms with Crippen molar-refractivity contribution in [2.45, 2.75) is 0 Å². The zero-order valence-corrected chi connectivity index (χ0v) is 12.9. The van der Waals surface area contributed by atoms with E-state index in [1.807, 2.05) is 30.4 Å². The lowest BCUT2D eigenvalue weighted by Crippen LogP contribution is -2.33. The third-order valence-corrected chi connectivity index (χ3v) is 4.08. The van der Waals surface area contributed by atoms with Crippen LogP contribution in [0.15, 0.2) is 48.5 Å². The van der Waals surface area contributed by atoms with Crippen LogP contribution in [0.5, 0.6) is 11.5 Å². The van der Waals surface area contributed by atoms with Gasteiger partial charge >= 0.3 is 0 Å². The zero-order valence-electron chi connectivity index (χ0n) is 12.9. The van der Waals surface area contributed by atoms with E-state index >= 15 is 0 Å². The third kappa shape index (κ3) is 2.34. The van der Waals surface area contributed by atoms with Gasteiger partial charge in [0.15, 0.2) is 11.5 Å². The average Bonchev–Trinajstić information content (AvgIpc) is 2.87. The number of carbonyl (C=O) groups excluding carboxylic acids is 2. The highest BCUT2D eigenvalue weighted by atomic mass is 16.5. The van der Waals surface area contributed by atoms with E-state index in [4.69, 9.17) is 9.47 Å². The summed E-state index contributed by atoms with van der Waals surface area (Å²) in [5.41, 5.74) is 1.86. The first-order valence-corrected chi connectivity index (χ1v) is 7.76. The molecule has 2 aliphatic heterocycles. The Hall–Kier alpha value is -3.08. The number of carbonyl (C=O) groups is 2. The summed E-state index contributed by atoms with van der Waals surface area (Å²) in [6.45, 7) is 0.923. The van der Waals surface area contributed by atoms with Crippen LogP contribution in [0, 0.1) is 0 Å². The van der Waals surface area contributed by atoms with Gasteiger partial charge in [0.2, 0.25) is 0 Å². The predicted octanol–water partition coefficient (Wildman–Crippen LogP) is 2.77. The summed E-state index contributed by atoms with van der Waals surface area (Å²) in [5.74, 6) is 0.776. The molecule has 2 aromatic carbocycles. The molecule has 0 bridgehead atoms. The molecule has 4 rings (SSSR count). The summed E-state index contributed by atoms with van der Waals surface area (Å²) in [7, 11) is 0. The molecule has 0 spiro atoms. The van der Waals surface area contributed by atoms with Gasteiger partial charge in [-0.25, -0.2) is 0 Å². The Morgan fingerprint density at radius 2 is 1.75 bits per heavy atom.